The van der Waals surface area contributed by atoms with E-state index in [2.05, 4.69) is 34.3 Å². The Morgan fingerprint density at radius 2 is 2.14 bits per heavy atom. The van der Waals surface area contributed by atoms with Gasteiger partial charge in [-0.2, -0.15) is 0 Å². The predicted molar refractivity (Wildman–Crippen MR) is 84.3 cm³/mol. The number of aromatic nitrogens is 1. The highest BCUT2D eigenvalue weighted by molar-refractivity contribution is 5.79. The van der Waals surface area contributed by atoms with E-state index in [9.17, 15) is 4.79 Å². The van der Waals surface area contributed by atoms with Gasteiger partial charge in [0.1, 0.15) is 0 Å². The second kappa shape index (κ2) is 7.69. The quantitative estimate of drug-likeness (QED) is 0.767. The number of nitrogens with one attached hydrogen (secondary N) is 1. The van der Waals surface area contributed by atoms with Crippen molar-refractivity contribution < 1.29 is 9.90 Å². The minimum Gasteiger partial charge on any atom is -0.395 e. The van der Waals surface area contributed by atoms with E-state index in [1.54, 1.807) is 4.90 Å². The lowest BCUT2D eigenvalue weighted by Gasteiger charge is -2.20. The van der Waals surface area contributed by atoms with Crippen LogP contribution in [0.2, 0.25) is 0 Å². The summed E-state index contributed by atoms with van der Waals surface area (Å²) < 4.78 is 2.20. The van der Waals surface area contributed by atoms with Crippen LogP contribution in [0.5, 0.6) is 0 Å². The van der Waals surface area contributed by atoms with Gasteiger partial charge in [0.05, 0.1) is 6.61 Å². The predicted octanol–water partition coefficient (Wildman–Crippen LogP) is 2.06. The van der Waals surface area contributed by atoms with E-state index in [1.165, 1.54) is 10.9 Å². The number of aliphatic hydroxyl groups is 1. The van der Waals surface area contributed by atoms with Crippen molar-refractivity contribution >= 4 is 16.9 Å². The molecule has 1 aromatic heterocycles. The van der Waals surface area contributed by atoms with Crippen LogP contribution in [0.1, 0.15) is 13.3 Å². The number of aryl methyl sites for hydroxylation is 1. The molecular weight excluding hydrogens is 266 g/mol. The SMILES string of the molecule is CCN(CCO)C(=O)NCCCn1ccc2ccccc21. The maximum Gasteiger partial charge on any atom is 0.317 e. The first-order valence-corrected chi connectivity index (χ1v) is 7.43. The standard InChI is InChI=1S/C16H23N3O2/c1-2-18(12-13-20)16(21)17-9-5-10-19-11-8-14-6-3-4-7-15(14)19/h3-4,6-8,11,20H,2,5,9-10,12-13H2,1H3,(H,17,21). The Balaban J connectivity index is 1.78. The highest BCUT2D eigenvalue weighted by Crippen LogP contribution is 2.15. The number of likely N-dealkylation sites (N-methyl/N-ethyl adjacent to an activating group) is 1. The summed E-state index contributed by atoms with van der Waals surface area (Å²) in [4.78, 5) is 13.4. The molecule has 1 heterocycles. The van der Waals surface area contributed by atoms with Gasteiger partial charge >= 0.3 is 6.03 Å². The van der Waals surface area contributed by atoms with E-state index < -0.39 is 0 Å². The third kappa shape index (κ3) is 3.98. The number of carbonyl (C=O) groups is 1. The number of nitrogens with zero attached hydrogens (tertiary/aromatic N) is 2. The van der Waals surface area contributed by atoms with E-state index in [0.717, 1.165) is 13.0 Å². The van der Waals surface area contributed by atoms with E-state index >= 15 is 0 Å². The molecule has 2 aromatic rings. The lowest BCUT2D eigenvalue weighted by atomic mass is 10.2. The summed E-state index contributed by atoms with van der Waals surface area (Å²) in [6, 6.07) is 10.3. The van der Waals surface area contributed by atoms with Gasteiger partial charge in [0, 0.05) is 37.9 Å². The molecule has 5 nitrogen and oxygen atoms in total. The molecule has 114 valence electrons. The molecule has 0 atom stereocenters. The maximum absolute atomic E-state index is 11.8. The molecule has 0 unspecified atom stereocenters. The van der Waals surface area contributed by atoms with Gasteiger partial charge in [-0.15, -0.1) is 0 Å². The fourth-order valence-corrected chi connectivity index (χ4v) is 2.42. The Bertz CT molecular complexity index is 580. The summed E-state index contributed by atoms with van der Waals surface area (Å²) >= 11 is 0. The number of carbonyl (C=O) groups excluding carboxylic acids is 1. The number of hydrogen-bond acceptors (Lipinski definition) is 2. The van der Waals surface area contributed by atoms with Gasteiger partial charge in [0.25, 0.3) is 0 Å². The number of fused-ring (bicyclic) bond motifs is 1. The third-order valence-corrected chi connectivity index (χ3v) is 3.57. The molecular formula is C16H23N3O2. The van der Waals surface area contributed by atoms with Gasteiger partial charge in [-0.05, 0) is 30.9 Å². The average Bonchev–Trinajstić information content (AvgIpc) is 2.92. The molecule has 21 heavy (non-hydrogen) atoms. The number of hydrogen-bond donors (Lipinski definition) is 2. The Labute approximate surface area is 125 Å². The topological polar surface area (TPSA) is 57.5 Å². The number of aliphatic hydroxyl groups excluding tert-OH is 1. The lowest BCUT2D eigenvalue weighted by molar-refractivity contribution is 0.180. The molecule has 0 aliphatic heterocycles. The molecule has 5 heteroatoms. The Hall–Kier alpha value is -2.01. The Kier molecular flexibility index (Phi) is 5.63. The largest absolute Gasteiger partial charge is 0.395 e. The zero-order chi connectivity index (χ0) is 15.1. The van der Waals surface area contributed by atoms with Crippen LogP contribution < -0.4 is 5.32 Å². The second-order valence-corrected chi connectivity index (χ2v) is 4.96. The van der Waals surface area contributed by atoms with Crippen LogP contribution in [0.25, 0.3) is 10.9 Å². The van der Waals surface area contributed by atoms with Gasteiger partial charge in [0.2, 0.25) is 0 Å². The molecule has 2 rings (SSSR count). The highest BCUT2D eigenvalue weighted by atomic mass is 16.3. The van der Waals surface area contributed by atoms with E-state index in [4.69, 9.17) is 5.11 Å². The number of amides is 2. The van der Waals surface area contributed by atoms with Crippen molar-refractivity contribution in [3.8, 4) is 0 Å². The first-order chi connectivity index (χ1) is 10.3. The molecule has 0 aliphatic rings. The van der Waals surface area contributed by atoms with Crippen molar-refractivity contribution in [1.82, 2.24) is 14.8 Å². The molecule has 0 radical (unpaired) electrons. The molecule has 0 saturated heterocycles. The van der Waals surface area contributed by atoms with Gasteiger partial charge in [-0.3, -0.25) is 0 Å². The van der Waals surface area contributed by atoms with E-state index in [0.29, 0.717) is 19.6 Å². The molecule has 2 amide bonds. The highest BCUT2D eigenvalue weighted by Gasteiger charge is 2.09. The number of para-hydroxylation sites is 1. The molecule has 0 bridgehead atoms. The fourth-order valence-electron chi connectivity index (χ4n) is 2.42. The fraction of sp³-hybridized carbons (Fsp3) is 0.438. The summed E-state index contributed by atoms with van der Waals surface area (Å²) in [5.41, 5.74) is 1.22. The smallest absolute Gasteiger partial charge is 0.317 e. The first kappa shape index (κ1) is 15.4. The molecule has 0 fully saturated rings. The lowest BCUT2D eigenvalue weighted by Crippen LogP contribution is -2.41. The third-order valence-electron chi connectivity index (χ3n) is 3.57. The van der Waals surface area contributed by atoms with E-state index in [-0.39, 0.29) is 12.6 Å². The number of urea groups is 1. The van der Waals surface area contributed by atoms with Crippen LogP contribution in [-0.4, -0.2) is 46.8 Å². The van der Waals surface area contributed by atoms with Gasteiger partial charge in [-0.1, -0.05) is 18.2 Å². The number of benzene rings is 1. The average molecular weight is 289 g/mol. The van der Waals surface area contributed by atoms with Crippen molar-refractivity contribution in [3.63, 3.8) is 0 Å². The summed E-state index contributed by atoms with van der Waals surface area (Å²) in [7, 11) is 0. The summed E-state index contributed by atoms with van der Waals surface area (Å²) in [6.45, 7) is 4.39. The van der Waals surface area contributed by atoms with Gasteiger partial charge in [0.15, 0.2) is 0 Å². The van der Waals surface area contributed by atoms with E-state index in [1.807, 2.05) is 19.1 Å². The summed E-state index contributed by atoms with van der Waals surface area (Å²) in [5.74, 6) is 0. The number of rotatable bonds is 7. The van der Waals surface area contributed by atoms with Crippen LogP contribution in [0.4, 0.5) is 4.79 Å². The Morgan fingerprint density at radius 1 is 1.33 bits per heavy atom. The van der Waals surface area contributed by atoms with Crippen molar-refractivity contribution in [3.05, 3.63) is 36.5 Å². The summed E-state index contributed by atoms with van der Waals surface area (Å²) in [5, 5.41) is 13.0. The molecule has 2 N–H and O–H groups in total. The zero-order valence-electron chi connectivity index (χ0n) is 12.5. The van der Waals surface area contributed by atoms with Crippen molar-refractivity contribution in [2.45, 2.75) is 19.9 Å². The van der Waals surface area contributed by atoms with Crippen molar-refractivity contribution in [2.75, 3.05) is 26.2 Å². The van der Waals surface area contributed by atoms with Gasteiger partial charge < -0.3 is 19.9 Å². The van der Waals surface area contributed by atoms with Crippen LogP contribution in [-0.2, 0) is 6.54 Å². The molecule has 1 aromatic carbocycles. The molecule has 0 aliphatic carbocycles. The maximum atomic E-state index is 11.8. The first-order valence-electron chi connectivity index (χ1n) is 7.43. The van der Waals surface area contributed by atoms with Crippen molar-refractivity contribution in [2.24, 2.45) is 0 Å². The van der Waals surface area contributed by atoms with Crippen molar-refractivity contribution in [1.29, 1.82) is 0 Å². The monoisotopic (exact) mass is 289 g/mol. The summed E-state index contributed by atoms with van der Waals surface area (Å²) in [6.07, 6.45) is 2.96. The van der Waals surface area contributed by atoms with Gasteiger partial charge in [-0.25, -0.2) is 4.79 Å². The minimum absolute atomic E-state index is 0.00336. The van der Waals surface area contributed by atoms with Crippen LogP contribution in [0.15, 0.2) is 36.5 Å². The Morgan fingerprint density at radius 3 is 2.90 bits per heavy atom. The normalized spacial score (nSPS) is 10.8. The van der Waals surface area contributed by atoms with Crippen LogP contribution in [0.3, 0.4) is 0 Å². The van der Waals surface area contributed by atoms with Crippen LogP contribution in [0, 0.1) is 0 Å². The second-order valence-electron chi connectivity index (χ2n) is 4.96. The molecule has 0 saturated carbocycles. The minimum atomic E-state index is -0.107. The zero-order valence-corrected chi connectivity index (χ0v) is 12.5. The van der Waals surface area contributed by atoms with Crippen LogP contribution >= 0.6 is 0 Å². The molecule has 0 spiro atoms.